The molecule has 1 aromatic carbocycles. The van der Waals surface area contributed by atoms with Crippen molar-refractivity contribution in [2.24, 2.45) is 17.6 Å². The summed E-state index contributed by atoms with van der Waals surface area (Å²) in [6.45, 7) is 4.26. The lowest BCUT2D eigenvalue weighted by Crippen LogP contribution is -2.29. The van der Waals surface area contributed by atoms with Gasteiger partial charge in [0.2, 0.25) is 5.91 Å². The van der Waals surface area contributed by atoms with Crippen molar-refractivity contribution in [1.82, 2.24) is 0 Å². The van der Waals surface area contributed by atoms with Crippen molar-refractivity contribution in [3.8, 4) is 0 Å². The second-order valence-electron chi connectivity index (χ2n) is 4.82. The van der Waals surface area contributed by atoms with Gasteiger partial charge in [-0.2, -0.15) is 0 Å². The summed E-state index contributed by atoms with van der Waals surface area (Å²) < 4.78 is 0. The predicted octanol–water partition coefficient (Wildman–Crippen LogP) is 3.16. The van der Waals surface area contributed by atoms with Crippen LogP contribution in [-0.2, 0) is 11.2 Å². The van der Waals surface area contributed by atoms with Gasteiger partial charge in [-0.25, -0.2) is 0 Å². The van der Waals surface area contributed by atoms with Crippen molar-refractivity contribution in [3.63, 3.8) is 0 Å². The quantitative estimate of drug-likeness (QED) is 0.772. The van der Waals surface area contributed by atoms with Crippen LogP contribution < -0.4 is 5.73 Å². The first-order valence-corrected chi connectivity index (χ1v) is 6.48. The van der Waals surface area contributed by atoms with E-state index >= 15 is 0 Å². The molecule has 0 bridgehead atoms. The fourth-order valence-corrected chi connectivity index (χ4v) is 2.26. The van der Waals surface area contributed by atoms with Crippen molar-refractivity contribution >= 4 is 5.91 Å². The minimum absolute atomic E-state index is 0.00940. The summed E-state index contributed by atoms with van der Waals surface area (Å²) >= 11 is 0. The van der Waals surface area contributed by atoms with Gasteiger partial charge in [-0.05, 0) is 24.3 Å². The van der Waals surface area contributed by atoms with Crippen LogP contribution in [0.5, 0.6) is 0 Å². The number of amides is 1. The Labute approximate surface area is 104 Å². The van der Waals surface area contributed by atoms with E-state index in [2.05, 4.69) is 26.0 Å². The zero-order valence-corrected chi connectivity index (χ0v) is 10.9. The number of hydrogen-bond donors (Lipinski definition) is 1. The van der Waals surface area contributed by atoms with E-state index in [4.69, 9.17) is 5.73 Å². The minimum atomic E-state index is -0.151. The largest absolute Gasteiger partial charge is 0.369 e. The maximum Gasteiger partial charge on any atom is 0.220 e. The number of nitrogens with two attached hydrogens (primary N) is 1. The van der Waals surface area contributed by atoms with Crippen LogP contribution in [0.2, 0.25) is 0 Å². The molecule has 0 aliphatic rings. The zero-order valence-electron chi connectivity index (χ0n) is 10.9. The molecule has 1 amide bonds. The van der Waals surface area contributed by atoms with E-state index in [9.17, 15) is 4.79 Å². The van der Waals surface area contributed by atoms with Crippen LogP contribution in [0.25, 0.3) is 0 Å². The maximum absolute atomic E-state index is 11.5. The molecule has 2 atom stereocenters. The summed E-state index contributed by atoms with van der Waals surface area (Å²) in [6, 6.07) is 10.3. The van der Waals surface area contributed by atoms with Crippen molar-refractivity contribution in [3.05, 3.63) is 35.9 Å². The average molecular weight is 233 g/mol. The van der Waals surface area contributed by atoms with Crippen LogP contribution in [0.3, 0.4) is 0 Å². The summed E-state index contributed by atoms with van der Waals surface area (Å²) in [4.78, 5) is 11.5. The Kier molecular flexibility index (Phi) is 5.75. The standard InChI is InChI=1S/C15H23NO/c1-3-4-10-14(15(16)17)12(2)11-13-8-6-5-7-9-13/h5-9,12,14H,3-4,10-11H2,1-2H3,(H2,16,17)/t12-,14?/m0/s1. The molecule has 94 valence electrons. The molecule has 0 aromatic heterocycles. The fraction of sp³-hybridized carbons (Fsp3) is 0.533. The van der Waals surface area contributed by atoms with Crippen molar-refractivity contribution in [1.29, 1.82) is 0 Å². The second-order valence-corrected chi connectivity index (χ2v) is 4.82. The lowest BCUT2D eigenvalue weighted by Gasteiger charge is -2.21. The molecule has 0 spiro atoms. The van der Waals surface area contributed by atoms with Crippen LogP contribution >= 0.6 is 0 Å². The Bertz CT molecular complexity index is 334. The number of primary amides is 1. The first-order chi connectivity index (χ1) is 8.15. The summed E-state index contributed by atoms with van der Waals surface area (Å²) in [7, 11) is 0. The van der Waals surface area contributed by atoms with Gasteiger partial charge in [0.05, 0.1) is 0 Å². The van der Waals surface area contributed by atoms with Gasteiger partial charge in [0.25, 0.3) is 0 Å². The van der Waals surface area contributed by atoms with Gasteiger partial charge in [0.15, 0.2) is 0 Å². The Morgan fingerprint density at radius 2 is 1.94 bits per heavy atom. The Morgan fingerprint density at radius 1 is 1.29 bits per heavy atom. The van der Waals surface area contributed by atoms with Crippen LogP contribution in [0.15, 0.2) is 30.3 Å². The normalized spacial score (nSPS) is 14.2. The number of rotatable bonds is 7. The van der Waals surface area contributed by atoms with Crippen molar-refractivity contribution < 1.29 is 4.79 Å². The molecule has 0 heterocycles. The number of unbranched alkanes of at least 4 members (excludes halogenated alkanes) is 1. The van der Waals surface area contributed by atoms with Crippen LogP contribution in [0.4, 0.5) is 0 Å². The number of benzene rings is 1. The van der Waals surface area contributed by atoms with E-state index < -0.39 is 0 Å². The molecule has 0 fully saturated rings. The highest BCUT2D eigenvalue weighted by Crippen LogP contribution is 2.22. The molecule has 0 aliphatic heterocycles. The highest BCUT2D eigenvalue weighted by Gasteiger charge is 2.22. The van der Waals surface area contributed by atoms with Gasteiger partial charge in [-0.1, -0.05) is 57.0 Å². The monoisotopic (exact) mass is 233 g/mol. The molecule has 0 aliphatic carbocycles. The summed E-state index contributed by atoms with van der Waals surface area (Å²) in [5.74, 6) is 0.179. The minimum Gasteiger partial charge on any atom is -0.369 e. The van der Waals surface area contributed by atoms with E-state index in [0.717, 1.165) is 25.7 Å². The molecule has 0 saturated heterocycles. The lowest BCUT2D eigenvalue weighted by molar-refractivity contribution is -0.123. The molecule has 1 rings (SSSR count). The first-order valence-electron chi connectivity index (χ1n) is 6.48. The van der Waals surface area contributed by atoms with Crippen LogP contribution in [0, 0.1) is 11.8 Å². The predicted molar refractivity (Wildman–Crippen MR) is 71.5 cm³/mol. The number of carbonyl (C=O) groups excluding carboxylic acids is 1. The van der Waals surface area contributed by atoms with Crippen LogP contribution in [-0.4, -0.2) is 5.91 Å². The third-order valence-corrected chi connectivity index (χ3v) is 3.32. The smallest absolute Gasteiger partial charge is 0.220 e. The van der Waals surface area contributed by atoms with Crippen molar-refractivity contribution in [2.75, 3.05) is 0 Å². The molecular formula is C15H23NO. The SMILES string of the molecule is CCCCC(C(N)=O)[C@@H](C)Cc1ccccc1. The molecule has 0 radical (unpaired) electrons. The van der Waals surface area contributed by atoms with E-state index in [1.807, 2.05) is 18.2 Å². The van der Waals surface area contributed by atoms with Gasteiger partial charge in [-0.15, -0.1) is 0 Å². The summed E-state index contributed by atoms with van der Waals surface area (Å²) in [6.07, 6.45) is 4.03. The van der Waals surface area contributed by atoms with Gasteiger partial charge in [0.1, 0.15) is 0 Å². The number of carbonyl (C=O) groups is 1. The Hall–Kier alpha value is -1.31. The topological polar surface area (TPSA) is 43.1 Å². The Morgan fingerprint density at radius 3 is 2.47 bits per heavy atom. The van der Waals surface area contributed by atoms with Crippen molar-refractivity contribution in [2.45, 2.75) is 39.5 Å². The third-order valence-electron chi connectivity index (χ3n) is 3.32. The zero-order chi connectivity index (χ0) is 12.7. The average Bonchev–Trinajstić information content (AvgIpc) is 2.30. The van der Waals surface area contributed by atoms with Gasteiger partial charge in [0, 0.05) is 5.92 Å². The summed E-state index contributed by atoms with van der Waals surface area (Å²) in [5, 5.41) is 0. The molecule has 2 nitrogen and oxygen atoms in total. The molecular weight excluding hydrogens is 210 g/mol. The molecule has 1 unspecified atom stereocenters. The van der Waals surface area contributed by atoms with E-state index in [0.29, 0.717) is 5.92 Å². The fourth-order valence-electron chi connectivity index (χ4n) is 2.26. The molecule has 2 heteroatoms. The third kappa shape index (κ3) is 4.59. The lowest BCUT2D eigenvalue weighted by atomic mass is 9.84. The van der Waals surface area contributed by atoms with Gasteiger partial charge < -0.3 is 5.73 Å². The molecule has 2 N–H and O–H groups in total. The van der Waals surface area contributed by atoms with E-state index in [1.165, 1.54) is 5.56 Å². The summed E-state index contributed by atoms with van der Waals surface area (Å²) in [5.41, 5.74) is 6.77. The first kappa shape index (κ1) is 13.8. The van der Waals surface area contributed by atoms with Crippen LogP contribution in [0.1, 0.15) is 38.7 Å². The molecule has 0 saturated carbocycles. The Balaban J connectivity index is 2.59. The van der Waals surface area contributed by atoms with E-state index in [1.54, 1.807) is 0 Å². The molecule has 1 aromatic rings. The number of hydrogen-bond acceptors (Lipinski definition) is 1. The second kappa shape index (κ2) is 7.10. The maximum atomic E-state index is 11.5. The van der Waals surface area contributed by atoms with Gasteiger partial charge in [-0.3, -0.25) is 4.79 Å². The highest BCUT2D eigenvalue weighted by molar-refractivity contribution is 5.76. The van der Waals surface area contributed by atoms with Gasteiger partial charge >= 0.3 is 0 Å². The molecule has 17 heavy (non-hydrogen) atoms. The van der Waals surface area contributed by atoms with E-state index in [-0.39, 0.29) is 11.8 Å². The highest BCUT2D eigenvalue weighted by atomic mass is 16.1.